The van der Waals surface area contributed by atoms with E-state index in [1.807, 2.05) is 0 Å². The number of aliphatic hydroxyl groups is 1. The van der Waals surface area contributed by atoms with Crippen molar-refractivity contribution in [1.29, 1.82) is 0 Å². The summed E-state index contributed by atoms with van der Waals surface area (Å²) in [5.74, 6) is 0.0531. The van der Waals surface area contributed by atoms with Gasteiger partial charge in [0.05, 0.1) is 12.0 Å². The first-order valence-electron chi connectivity index (χ1n) is 4.34. The number of hydrogen-bond donors (Lipinski definition) is 1. The van der Waals surface area contributed by atoms with Gasteiger partial charge in [-0.1, -0.05) is 0 Å². The van der Waals surface area contributed by atoms with Crippen LogP contribution in [0.15, 0.2) is 24.5 Å². The van der Waals surface area contributed by atoms with Crippen molar-refractivity contribution in [2.24, 2.45) is 5.41 Å². The lowest BCUT2D eigenvalue weighted by molar-refractivity contribution is 0.0829. The fourth-order valence-corrected chi connectivity index (χ4v) is 1.42. The van der Waals surface area contributed by atoms with E-state index in [1.165, 1.54) is 0 Å². The number of nitrogens with zero attached hydrogens (tertiary/aromatic N) is 1. The van der Waals surface area contributed by atoms with Crippen LogP contribution in [0.4, 0.5) is 0 Å². The number of pyridine rings is 1. The summed E-state index contributed by atoms with van der Waals surface area (Å²) >= 11 is 0. The normalized spacial score (nSPS) is 18.2. The highest BCUT2D eigenvalue weighted by atomic mass is 16.3. The smallest absolute Gasteiger partial charge is 0.171 e. The summed E-state index contributed by atoms with van der Waals surface area (Å²) < 4.78 is 0. The SMILES string of the molecule is O=C(c1ccncc1)C1(CO)CC1. The largest absolute Gasteiger partial charge is 0.395 e. The summed E-state index contributed by atoms with van der Waals surface area (Å²) in [5.41, 5.74) is 0.197. The fraction of sp³-hybridized carbons (Fsp3) is 0.400. The first-order chi connectivity index (χ1) is 6.28. The maximum absolute atomic E-state index is 11.8. The third kappa shape index (κ3) is 1.35. The topological polar surface area (TPSA) is 50.2 Å². The minimum atomic E-state index is -0.457. The fourth-order valence-electron chi connectivity index (χ4n) is 1.42. The van der Waals surface area contributed by atoms with E-state index in [4.69, 9.17) is 5.11 Å². The molecule has 0 amide bonds. The molecule has 1 N–H and O–H groups in total. The third-order valence-electron chi connectivity index (χ3n) is 2.58. The summed E-state index contributed by atoms with van der Waals surface area (Å²) in [7, 11) is 0. The molecule has 0 aliphatic heterocycles. The van der Waals surface area contributed by atoms with Crippen LogP contribution in [0.25, 0.3) is 0 Å². The second-order valence-electron chi connectivity index (χ2n) is 3.50. The molecular weight excluding hydrogens is 166 g/mol. The molecule has 1 aliphatic rings. The van der Waals surface area contributed by atoms with Crippen molar-refractivity contribution in [1.82, 2.24) is 4.98 Å². The minimum absolute atomic E-state index is 0.0336. The lowest BCUT2D eigenvalue weighted by Gasteiger charge is -2.09. The highest BCUT2D eigenvalue weighted by Gasteiger charge is 2.49. The average Bonchev–Trinajstić information content (AvgIpc) is 2.99. The molecular formula is C10H11NO2. The molecule has 0 atom stereocenters. The van der Waals surface area contributed by atoms with E-state index in [0.29, 0.717) is 5.56 Å². The summed E-state index contributed by atoms with van der Waals surface area (Å²) in [6, 6.07) is 3.39. The maximum Gasteiger partial charge on any atom is 0.171 e. The zero-order valence-electron chi connectivity index (χ0n) is 7.23. The highest BCUT2D eigenvalue weighted by Crippen LogP contribution is 2.47. The molecule has 0 bridgehead atoms. The number of Topliss-reactive ketones (excluding diaryl/α,β-unsaturated/α-hetero) is 1. The monoisotopic (exact) mass is 177 g/mol. The predicted molar refractivity (Wildman–Crippen MR) is 47.3 cm³/mol. The Kier molecular flexibility index (Phi) is 1.88. The standard InChI is InChI=1S/C10H11NO2/c12-7-10(3-4-10)9(13)8-1-5-11-6-2-8/h1-2,5-6,12H,3-4,7H2. The molecule has 2 rings (SSSR count). The molecule has 1 fully saturated rings. The summed E-state index contributed by atoms with van der Waals surface area (Å²) in [6.45, 7) is -0.0336. The van der Waals surface area contributed by atoms with Crippen LogP contribution in [0.2, 0.25) is 0 Å². The van der Waals surface area contributed by atoms with Crippen LogP contribution in [0.3, 0.4) is 0 Å². The van der Waals surface area contributed by atoms with Crippen molar-refractivity contribution in [2.75, 3.05) is 6.61 Å². The first kappa shape index (κ1) is 8.38. The van der Waals surface area contributed by atoms with Crippen LogP contribution in [-0.2, 0) is 0 Å². The van der Waals surface area contributed by atoms with E-state index in [9.17, 15) is 4.79 Å². The molecule has 13 heavy (non-hydrogen) atoms. The number of carbonyl (C=O) groups excluding carboxylic acids is 1. The molecule has 0 aromatic carbocycles. The van der Waals surface area contributed by atoms with E-state index in [0.717, 1.165) is 12.8 Å². The van der Waals surface area contributed by atoms with E-state index < -0.39 is 5.41 Å². The zero-order chi connectivity index (χ0) is 9.31. The van der Waals surface area contributed by atoms with Crippen LogP contribution in [-0.4, -0.2) is 22.5 Å². The molecule has 1 aliphatic carbocycles. The number of rotatable bonds is 3. The summed E-state index contributed by atoms with van der Waals surface area (Å²) in [6.07, 6.45) is 4.82. The number of carbonyl (C=O) groups is 1. The predicted octanol–water partition coefficient (Wildman–Crippen LogP) is 1.04. The Balaban J connectivity index is 2.24. The number of ketones is 1. The van der Waals surface area contributed by atoms with Gasteiger partial charge in [-0.25, -0.2) is 0 Å². The summed E-state index contributed by atoms with van der Waals surface area (Å²) in [5, 5.41) is 9.05. The van der Waals surface area contributed by atoms with Gasteiger partial charge in [-0.15, -0.1) is 0 Å². The van der Waals surface area contributed by atoms with E-state index in [1.54, 1.807) is 24.5 Å². The van der Waals surface area contributed by atoms with Crippen molar-refractivity contribution in [3.63, 3.8) is 0 Å². The number of aromatic nitrogens is 1. The van der Waals surface area contributed by atoms with Crippen LogP contribution in [0.5, 0.6) is 0 Å². The van der Waals surface area contributed by atoms with Gasteiger partial charge >= 0.3 is 0 Å². The third-order valence-corrected chi connectivity index (χ3v) is 2.58. The van der Waals surface area contributed by atoms with Crippen LogP contribution < -0.4 is 0 Å². The van der Waals surface area contributed by atoms with Gasteiger partial charge in [-0.2, -0.15) is 0 Å². The molecule has 1 aromatic heterocycles. The maximum atomic E-state index is 11.8. The van der Waals surface area contributed by atoms with Crippen molar-refractivity contribution in [3.8, 4) is 0 Å². The van der Waals surface area contributed by atoms with E-state index in [2.05, 4.69) is 4.98 Å². The minimum Gasteiger partial charge on any atom is -0.395 e. The molecule has 3 heteroatoms. The lowest BCUT2D eigenvalue weighted by atomic mass is 9.96. The summed E-state index contributed by atoms with van der Waals surface area (Å²) in [4.78, 5) is 15.6. The molecule has 0 saturated heterocycles. The van der Waals surface area contributed by atoms with Crippen LogP contribution in [0.1, 0.15) is 23.2 Å². The highest BCUT2D eigenvalue weighted by molar-refractivity contribution is 6.02. The average molecular weight is 177 g/mol. The Bertz CT molecular complexity index is 317. The van der Waals surface area contributed by atoms with Gasteiger partial charge in [0.25, 0.3) is 0 Å². The van der Waals surface area contributed by atoms with Crippen LogP contribution >= 0.6 is 0 Å². The lowest BCUT2D eigenvalue weighted by Crippen LogP contribution is -2.19. The van der Waals surface area contributed by atoms with Gasteiger partial charge in [0.1, 0.15) is 0 Å². The Hall–Kier alpha value is -1.22. The van der Waals surface area contributed by atoms with Crippen LogP contribution in [0, 0.1) is 5.41 Å². The molecule has 1 aromatic rings. The number of aliphatic hydroxyl groups excluding tert-OH is 1. The molecule has 68 valence electrons. The van der Waals surface area contributed by atoms with Gasteiger partial charge in [0.2, 0.25) is 0 Å². The van der Waals surface area contributed by atoms with E-state index >= 15 is 0 Å². The second kappa shape index (κ2) is 2.92. The van der Waals surface area contributed by atoms with Gasteiger partial charge < -0.3 is 5.11 Å². The molecule has 0 unspecified atom stereocenters. The van der Waals surface area contributed by atoms with E-state index in [-0.39, 0.29) is 12.4 Å². The Morgan fingerprint density at radius 2 is 2.08 bits per heavy atom. The van der Waals surface area contributed by atoms with Crippen molar-refractivity contribution < 1.29 is 9.90 Å². The van der Waals surface area contributed by atoms with Crippen molar-refractivity contribution in [3.05, 3.63) is 30.1 Å². The molecule has 1 saturated carbocycles. The van der Waals surface area contributed by atoms with Gasteiger partial charge in [-0.3, -0.25) is 9.78 Å². The zero-order valence-corrected chi connectivity index (χ0v) is 7.23. The number of hydrogen-bond acceptors (Lipinski definition) is 3. The quantitative estimate of drug-likeness (QED) is 0.702. The van der Waals surface area contributed by atoms with Gasteiger partial charge in [-0.05, 0) is 25.0 Å². The van der Waals surface area contributed by atoms with Crippen molar-refractivity contribution in [2.45, 2.75) is 12.8 Å². The molecule has 1 heterocycles. The Morgan fingerprint density at radius 3 is 2.54 bits per heavy atom. The molecule has 3 nitrogen and oxygen atoms in total. The Morgan fingerprint density at radius 1 is 1.46 bits per heavy atom. The second-order valence-corrected chi connectivity index (χ2v) is 3.50. The molecule has 0 spiro atoms. The Labute approximate surface area is 76.4 Å². The van der Waals surface area contributed by atoms with Gasteiger partial charge in [0.15, 0.2) is 5.78 Å². The molecule has 0 radical (unpaired) electrons. The first-order valence-corrected chi connectivity index (χ1v) is 4.34. The van der Waals surface area contributed by atoms with Gasteiger partial charge in [0, 0.05) is 18.0 Å². The van der Waals surface area contributed by atoms with Crippen molar-refractivity contribution >= 4 is 5.78 Å².